The second kappa shape index (κ2) is 4.60. The first-order valence-corrected chi connectivity index (χ1v) is 7.78. The molecule has 2 aliphatic carbocycles. The van der Waals surface area contributed by atoms with Crippen molar-refractivity contribution in [2.75, 3.05) is 6.54 Å². The predicted octanol–water partition coefficient (Wildman–Crippen LogP) is 3.12. The van der Waals surface area contributed by atoms with Crippen LogP contribution in [0.4, 0.5) is 0 Å². The van der Waals surface area contributed by atoms with E-state index in [2.05, 4.69) is 35.6 Å². The Bertz CT molecular complexity index is 407. The van der Waals surface area contributed by atoms with Crippen LogP contribution in [0, 0.1) is 11.8 Å². The van der Waals surface area contributed by atoms with Crippen molar-refractivity contribution in [1.29, 1.82) is 0 Å². The van der Waals surface area contributed by atoms with E-state index in [0.29, 0.717) is 6.10 Å². The number of ether oxygens (including phenoxy) is 1. The molecule has 1 aromatic rings. The predicted molar refractivity (Wildman–Crippen MR) is 75.8 cm³/mol. The van der Waals surface area contributed by atoms with Crippen molar-refractivity contribution in [3.8, 4) is 0 Å². The van der Waals surface area contributed by atoms with Gasteiger partial charge in [0.25, 0.3) is 0 Å². The van der Waals surface area contributed by atoms with Gasteiger partial charge in [-0.1, -0.05) is 30.3 Å². The van der Waals surface area contributed by atoms with Gasteiger partial charge < -0.3 is 4.74 Å². The van der Waals surface area contributed by atoms with Gasteiger partial charge in [-0.15, -0.1) is 0 Å². The molecule has 2 heterocycles. The van der Waals surface area contributed by atoms with Crippen LogP contribution in [0.3, 0.4) is 0 Å². The second-order valence-corrected chi connectivity index (χ2v) is 6.74. The molecule has 19 heavy (non-hydrogen) atoms. The van der Waals surface area contributed by atoms with Gasteiger partial charge in [0.1, 0.15) is 5.72 Å². The lowest BCUT2D eigenvalue weighted by molar-refractivity contribution is -0.233. The first-order chi connectivity index (χ1) is 9.31. The van der Waals surface area contributed by atoms with Crippen molar-refractivity contribution in [3.05, 3.63) is 35.9 Å². The monoisotopic (exact) mass is 257 g/mol. The summed E-state index contributed by atoms with van der Waals surface area (Å²) in [4.78, 5) is 0. The van der Waals surface area contributed by atoms with E-state index in [1.165, 1.54) is 37.7 Å². The summed E-state index contributed by atoms with van der Waals surface area (Å²) in [6.07, 6.45) is 8.24. The van der Waals surface area contributed by atoms with Crippen molar-refractivity contribution >= 4 is 0 Å². The van der Waals surface area contributed by atoms with Gasteiger partial charge in [0.15, 0.2) is 0 Å². The van der Waals surface area contributed by atoms with Crippen molar-refractivity contribution in [1.82, 2.24) is 5.32 Å². The van der Waals surface area contributed by atoms with E-state index in [1.54, 1.807) is 0 Å². The van der Waals surface area contributed by atoms with Crippen LogP contribution < -0.4 is 5.32 Å². The lowest BCUT2D eigenvalue weighted by Gasteiger charge is -2.56. The fourth-order valence-electron chi connectivity index (χ4n) is 4.63. The molecule has 2 saturated carbocycles. The van der Waals surface area contributed by atoms with Gasteiger partial charge in [-0.3, -0.25) is 5.32 Å². The molecule has 0 amide bonds. The molecule has 2 saturated heterocycles. The smallest absolute Gasteiger partial charge is 0.120 e. The Morgan fingerprint density at radius 1 is 1.05 bits per heavy atom. The molecule has 1 N–H and O–H groups in total. The zero-order chi connectivity index (χ0) is 12.7. The summed E-state index contributed by atoms with van der Waals surface area (Å²) in [6, 6.07) is 10.7. The first-order valence-electron chi connectivity index (χ1n) is 7.78. The van der Waals surface area contributed by atoms with Gasteiger partial charge in [-0.05, 0) is 55.9 Å². The zero-order valence-corrected chi connectivity index (χ0v) is 11.5. The van der Waals surface area contributed by atoms with E-state index in [0.717, 1.165) is 24.8 Å². The molecule has 2 unspecified atom stereocenters. The lowest BCUT2D eigenvalue weighted by atomic mass is 9.65. The second-order valence-electron chi connectivity index (χ2n) is 6.74. The van der Waals surface area contributed by atoms with E-state index in [-0.39, 0.29) is 5.72 Å². The third-order valence-electron chi connectivity index (χ3n) is 5.19. The standard InChI is InChI=1S/C17H23NO/c1-2-4-13(5-3-1)6-7-18-17-11-14-8-15(12-17)10-16(9-14)19-17/h1-5,14-16,18H,6-12H2. The molecule has 2 heteroatoms. The highest BCUT2D eigenvalue weighted by atomic mass is 16.5. The van der Waals surface area contributed by atoms with Crippen LogP contribution in [0.25, 0.3) is 0 Å². The first kappa shape index (κ1) is 11.9. The SMILES string of the molecule is c1ccc(CCNC23CC4CC(CC(C4)O2)C3)cc1. The third-order valence-corrected chi connectivity index (χ3v) is 5.19. The molecule has 0 radical (unpaired) electrons. The van der Waals surface area contributed by atoms with Crippen molar-refractivity contribution < 1.29 is 4.74 Å². The van der Waals surface area contributed by atoms with Crippen LogP contribution in [0.2, 0.25) is 0 Å². The number of nitrogens with one attached hydrogen (secondary N) is 1. The average molecular weight is 257 g/mol. The van der Waals surface area contributed by atoms with Crippen LogP contribution in [0.1, 0.15) is 37.7 Å². The third kappa shape index (κ3) is 2.32. The van der Waals surface area contributed by atoms with Gasteiger partial charge in [0.05, 0.1) is 6.10 Å². The summed E-state index contributed by atoms with van der Waals surface area (Å²) >= 11 is 0. The average Bonchev–Trinajstić information content (AvgIpc) is 2.38. The summed E-state index contributed by atoms with van der Waals surface area (Å²) < 4.78 is 6.34. The van der Waals surface area contributed by atoms with E-state index in [1.807, 2.05) is 0 Å². The quantitative estimate of drug-likeness (QED) is 0.895. The van der Waals surface area contributed by atoms with Gasteiger partial charge in [0.2, 0.25) is 0 Å². The Morgan fingerprint density at radius 3 is 2.47 bits per heavy atom. The minimum absolute atomic E-state index is 0.0313. The fraction of sp³-hybridized carbons (Fsp3) is 0.647. The Morgan fingerprint density at radius 2 is 1.79 bits per heavy atom. The maximum absolute atomic E-state index is 6.34. The van der Waals surface area contributed by atoms with E-state index < -0.39 is 0 Å². The summed E-state index contributed by atoms with van der Waals surface area (Å²) in [5.74, 6) is 1.85. The van der Waals surface area contributed by atoms with Gasteiger partial charge in [-0.25, -0.2) is 0 Å². The highest BCUT2D eigenvalue weighted by Gasteiger charge is 2.51. The Hall–Kier alpha value is -0.860. The minimum Gasteiger partial charge on any atom is -0.357 e. The topological polar surface area (TPSA) is 21.3 Å². The lowest BCUT2D eigenvalue weighted by Crippen LogP contribution is -2.62. The molecule has 2 aliphatic heterocycles. The number of hydrogen-bond donors (Lipinski definition) is 1. The summed E-state index contributed by atoms with van der Waals surface area (Å²) in [6.45, 7) is 1.04. The van der Waals surface area contributed by atoms with Crippen LogP contribution in [-0.2, 0) is 11.2 Å². The maximum Gasteiger partial charge on any atom is 0.120 e. The molecule has 1 aromatic carbocycles. The minimum atomic E-state index is 0.0313. The van der Waals surface area contributed by atoms with E-state index >= 15 is 0 Å². The molecule has 5 rings (SSSR count). The molecular weight excluding hydrogens is 234 g/mol. The molecule has 4 aliphatic rings. The largest absolute Gasteiger partial charge is 0.357 e. The van der Waals surface area contributed by atoms with E-state index in [9.17, 15) is 0 Å². The number of rotatable bonds is 4. The maximum atomic E-state index is 6.34. The van der Waals surface area contributed by atoms with Crippen molar-refractivity contribution in [2.45, 2.75) is 50.4 Å². The Labute approximate surface area is 115 Å². The molecule has 102 valence electrons. The Kier molecular flexibility index (Phi) is 2.89. The highest BCUT2D eigenvalue weighted by Crippen LogP contribution is 2.51. The summed E-state index contributed by atoms with van der Waals surface area (Å²) in [5, 5.41) is 3.75. The van der Waals surface area contributed by atoms with E-state index in [4.69, 9.17) is 4.74 Å². The summed E-state index contributed by atoms with van der Waals surface area (Å²) in [5.41, 5.74) is 1.45. The zero-order valence-electron chi connectivity index (χ0n) is 11.5. The molecule has 0 spiro atoms. The molecule has 2 nitrogen and oxygen atoms in total. The van der Waals surface area contributed by atoms with Gasteiger partial charge >= 0.3 is 0 Å². The molecule has 2 atom stereocenters. The number of benzene rings is 1. The van der Waals surface area contributed by atoms with Crippen LogP contribution >= 0.6 is 0 Å². The van der Waals surface area contributed by atoms with Crippen molar-refractivity contribution in [3.63, 3.8) is 0 Å². The molecular formula is C17H23NO. The normalized spacial score (nSPS) is 39.7. The van der Waals surface area contributed by atoms with Gasteiger partial charge in [0, 0.05) is 6.54 Å². The summed E-state index contributed by atoms with van der Waals surface area (Å²) in [7, 11) is 0. The Balaban J connectivity index is 1.38. The molecule has 4 fully saturated rings. The van der Waals surface area contributed by atoms with Crippen molar-refractivity contribution in [2.24, 2.45) is 11.8 Å². The van der Waals surface area contributed by atoms with Gasteiger partial charge in [-0.2, -0.15) is 0 Å². The van der Waals surface area contributed by atoms with Crippen LogP contribution in [-0.4, -0.2) is 18.4 Å². The molecule has 0 aromatic heterocycles. The fourth-order valence-corrected chi connectivity index (χ4v) is 4.63. The van der Waals surface area contributed by atoms with Crippen LogP contribution in [0.5, 0.6) is 0 Å². The van der Waals surface area contributed by atoms with Crippen LogP contribution in [0.15, 0.2) is 30.3 Å². The highest BCUT2D eigenvalue weighted by molar-refractivity contribution is 5.15. The number of hydrogen-bond acceptors (Lipinski definition) is 2. The molecule has 4 bridgehead atoms.